The number of hydrogen-bond donors (Lipinski definition) is 0. The van der Waals surface area contributed by atoms with Gasteiger partial charge in [-0.25, -0.2) is 4.68 Å². The molecular formula is C22H23N5O3. The van der Waals surface area contributed by atoms with E-state index in [0.29, 0.717) is 31.2 Å². The molecule has 2 aliphatic rings. The average Bonchev–Trinajstić information content (AvgIpc) is 3.42. The van der Waals surface area contributed by atoms with Crippen molar-refractivity contribution in [2.24, 2.45) is 13.0 Å². The smallest absolute Gasteiger partial charge is 0.332 e. The minimum atomic E-state index is -0.601. The Morgan fingerprint density at radius 3 is 2.53 bits per heavy atom. The Morgan fingerprint density at radius 1 is 1.07 bits per heavy atom. The molecule has 0 saturated carbocycles. The second-order valence-electron chi connectivity index (χ2n) is 8.30. The van der Waals surface area contributed by atoms with Gasteiger partial charge in [-0.2, -0.15) is 5.10 Å². The van der Waals surface area contributed by atoms with Crippen LogP contribution in [0, 0.1) is 12.8 Å². The third-order valence-electron chi connectivity index (χ3n) is 6.26. The van der Waals surface area contributed by atoms with Crippen LogP contribution in [0.15, 0.2) is 52.2 Å². The van der Waals surface area contributed by atoms with Crippen LogP contribution in [-0.4, -0.2) is 42.8 Å². The molecule has 1 amide bonds. The molecule has 0 N–H and O–H groups in total. The lowest BCUT2D eigenvalue weighted by molar-refractivity contribution is 0.0773. The Bertz CT molecular complexity index is 1250. The summed E-state index contributed by atoms with van der Waals surface area (Å²) in [6, 6.07) is 11.5. The number of likely N-dealkylation sites (tertiary alicyclic amines) is 1. The van der Waals surface area contributed by atoms with E-state index >= 15 is 0 Å². The first-order valence-corrected chi connectivity index (χ1v) is 10.1. The summed E-state index contributed by atoms with van der Waals surface area (Å²) in [7, 11) is 1.85. The molecule has 0 aliphatic carbocycles. The van der Waals surface area contributed by atoms with Crippen LogP contribution in [0.5, 0.6) is 0 Å². The van der Waals surface area contributed by atoms with E-state index in [0.717, 1.165) is 11.1 Å². The second kappa shape index (κ2) is 6.83. The van der Waals surface area contributed by atoms with Crippen LogP contribution in [0.25, 0.3) is 0 Å². The summed E-state index contributed by atoms with van der Waals surface area (Å²) in [4.78, 5) is 40.0. The van der Waals surface area contributed by atoms with E-state index in [1.54, 1.807) is 0 Å². The minimum Gasteiger partial charge on any atom is -0.347 e. The van der Waals surface area contributed by atoms with E-state index in [2.05, 4.69) is 5.10 Å². The fourth-order valence-electron chi connectivity index (χ4n) is 4.57. The molecular weight excluding hydrogens is 382 g/mol. The quantitative estimate of drug-likeness (QED) is 0.608. The topological polar surface area (TPSA) is 82.1 Å². The number of nitrogens with zero attached hydrogens (tertiary/aromatic N) is 5. The first kappa shape index (κ1) is 18.6. The number of carbonyl (C=O) groups excluding carboxylic acids is 1. The molecule has 1 fully saturated rings. The zero-order valence-electron chi connectivity index (χ0n) is 17.0. The highest BCUT2D eigenvalue weighted by Gasteiger charge is 2.44. The summed E-state index contributed by atoms with van der Waals surface area (Å²) in [5, 5.41) is 4.57. The molecule has 30 heavy (non-hydrogen) atoms. The van der Waals surface area contributed by atoms with Crippen molar-refractivity contribution < 1.29 is 4.79 Å². The summed E-state index contributed by atoms with van der Waals surface area (Å²) in [6.45, 7) is 3.75. The van der Waals surface area contributed by atoms with Crippen LogP contribution in [0.3, 0.4) is 0 Å². The Morgan fingerprint density at radius 2 is 1.83 bits per heavy atom. The molecule has 1 saturated heterocycles. The van der Waals surface area contributed by atoms with E-state index in [4.69, 9.17) is 0 Å². The van der Waals surface area contributed by atoms with Gasteiger partial charge >= 0.3 is 11.1 Å². The third kappa shape index (κ3) is 2.91. The summed E-state index contributed by atoms with van der Waals surface area (Å²) < 4.78 is 4.59. The fourth-order valence-corrected chi connectivity index (χ4v) is 4.57. The van der Waals surface area contributed by atoms with Crippen LogP contribution in [0.2, 0.25) is 0 Å². The van der Waals surface area contributed by atoms with Gasteiger partial charge in [0.25, 0.3) is 5.91 Å². The van der Waals surface area contributed by atoms with Crippen molar-refractivity contribution in [2.45, 2.75) is 25.9 Å². The Kier molecular flexibility index (Phi) is 4.23. The Balaban J connectivity index is 1.45. The third-order valence-corrected chi connectivity index (χ3v) is 6.26. The normalized spacial score (nSPS) is 19.7. The molecule has 0 bridgehead atoms. The monoisotopic (exact) mass is 405 g/mol. The lowest BCUT2D eigenvalue weighted by Crippen LogP contribution is -2.44. The van der Waals surface area contributed by atoms with Gasteiger partial charge in [0.1, 0.15) is 11.5 Å². The van der Waals surface area contributed by atoms with Crippen molar-refractivity contribution in [3.63, 3.8) is 0 Å². The molecule has 1 aromatic carbocycles. The summed E-state index contributed by atoms with van der Waals surface area (Å²) in [5.74, 6) is 0.661. The molecule has 3 aromatic rings. The van der Waals surface area contributed by atoms with Gasteiger partial charge in [0, 0.05) is 44.7 Å². The van der Waals surface area contributed by atoms with E-state index in [1.165, 1.54) is 9.25 Å². The Hall–Kier alpha value is -3.42. The maximum absolute atomic E-state index is 12.9. The summed E-state index contributed by atoms with van der Waals surface area (Å²) in [5.41, 5.74) is 1.56. The molecule has 5 rings (SSSR count). The first-order chi connectivity index (χ1) is 14.4. The predicted molar refractivity (Wildman–Crippen MR) is 111 cm³/mol. The van der Waals surface area contributed by atoms with Crippen LogP contribution in [-0.2, 0) is 20.1 Å². The molecule has 4 heterocycles. The van der Waals surface area contributed by atoms with Crippen LogP contribution < -0.4 is 11.1 Å². The van der Waals surface area contributed by atoms with Crippen molar-refractivity contribution in [3.05, 3.63) is 85.9 Å². The van der Waals surface area contributed by atoms with E-state index in [-0.39, 0.29) is 24.3 Å². The maximum atomic E-state index is 12.9. The lowest BCUT2D eigenvalue weighted by atomic mass is 10.00. The van der Waals surface area contributed by atoms with Crippen LogP contribution >= 0.6 is 0 Å². The molecule has 8 heteroatoms. The largest absolute Gasteiger partial charge is 0.347 e. The standard InChI is InChI=1S/C22H23N5O3/c1-14-5-7-15(8-6-14)10-27-22(30)21(29)26-12-16-11-25(13-17(16)19(26)23-27)20(28)18-4-3-9-24(18)2/h3-9,16-17H,10-13H2,1-2H3/t16-,17-/m0/s1. The molecule has 0 unspecified atom stereocenters. The van der Waals surface area contributed by atoms with E-state index in [1.807, 2.05) is 66.0 Å². The van der Waals surface area contributed by atoms with Gasteiger partial charge in [-0.05, 0) is 24.6 Å². The fraction of sp³-hybridized carbons (Fsp3) is 0.364. The molecule has 0 radical (unpaired) electrons. The highest BCUT2D eigenvalue weighted by molar-refractivity contribution is 5.93. The zero-order valence-corrected chi connectivity index (χ0v) is 17.0. The highest BCUT2D eigenvalue weighted by atomic mass is 16.2. The van der Waals surface area contributed by atoms with E-state index in [9.17, 15) is 14.4 Å². The van der Waals surface area contributed by atoms with Crippen molar-refractivity contribution in [1.82, 2.24) is 23.8 Å². The first-order valence-electron chi connectivity index (χ1n) is 10.1. The molecule has 2 aromatic heterocycles. The number of aryl methyl sites for hydroxylation is 2. The van der Waals surface area contributed by atoms with Crippen LogP contribution in [0.1, 0.15) is 33.4 Å². The number of fused-ring (bicyclic) bond motifs is 3. The minimum absolute atomic E-state index is 0.0150. The molecule has 2 atom stereocenters. The zero-order chi connectivity index (χ0) is 21.0. The van der Waals surface area contributed by atoms with Crippen LogP contribution in [0.4, 0.5) is 0 Å². The van der Waals surface area contributed by atoms with Crippen molar-refractivity contribution in [3.8, 4) is 0 Å². The SMILES string of the molecule is Cc1ccc(Cn2nc3n(c(=O)c2=O)C[C@@H]2CN(C(=O)c4cccn4C)C[C@H]32)cc1. The Labute approximate surface area is 173 Å². The van der Waals surface area contributed by atoms with Crippen molar-refractivity contribution >= 4 is 5.91 Å². The van der Waals surface area contributed by atoms with Gasteiger partial charge in [0.2, 0.25) is 0 Å². The van der Waals surface area contributed by atoms with Gasteiger partial charge in [-0.1, -0.05) is 29.8 Å². The summed E-state index contributed by atoms with van der Waals surface area (Å²) >= 11 is 0. The summed E-state index contributed by atoms with van der Waals surface area (Å²) in [6.07, 6.45) is 1.85. The number of benzene rings is 1. The predicted octanol–water partition coefficient (Wildman–Crippen LogP) is 0.970. The average molecular weight is 405 g/mol. The van der Waals surface area contributed by atoms with Gasteiger partial charge in [-0.3, -0.25) is 19.0 Å². The molecule has 8 nitrogen and oxygen atoms in total. The highest BCUT2D eigenvalue weighted by Crippen LogP contribution is 2.37. The van der Waals surface area contributed by atoms with Crippen molar-refractivity contribution in [1.29, 1.82) is 0 Å². The number of carbonyl (C=O) groups is 1. The second-order valence-corrected chi connectivity index (χ2v) is 8.30. The van der Waals surface area contributed by atoms with Crippen molar-refractivity contribution in [2.75, 3.05) is 13.1 Å². The van der Waals surface area contributed by atoms with Gasteiger partial charge in [0.15, 0.2) is 0 Å². The number of aromatic nitrogens is 4. The number of hydrogen-bond acceptors (Lipinski definition) is 4. The number of amides is 1. The molecule has 154 valence electrons. The maximum Gasteiger partial charge on any atom is 0.332 e. The van der Waals surface area contributed by atoms with Gasteiger partial charge in [-0.15, -0.1) is 0 Å². The number of rotatable bonds is 3. The van der Waals surface area contributed by atoms with Gasteiger partial charge < -0.3 is 9.47 Å². The molecule has 0 spiro atoms. The lowest BCUT2D eigenvalue weighted by Gasteiger charge is -2.18. The molecule has 2 aliphatic heterocycles. The van der Waals surface area contributed by atoms with Gasteiger partial charge in [0.05, 0.1) is 6.54 Å². The van der Waals surface area contributed by atoms with E-state index < -0.39 is 11.1 Å².